The first-order valence-corrected chi connectivity index (χ1v) is 5.87. The molecule has 0 spiro atoms. The normalized spacial score (nSPS) is 18.2. The molecule has 0 aliphatic carbocycles. The summed E-state index contributed by atoms with van der Waals surface area (Å²) < 4.78 is 5.39. The van der Waals surface area contributed by atoms with Gasteiger partial charge in [-0.25, -0.2) is 0 Å². The first kappa shape index (κ1) is 11.7. The molecule has 1 aromatic carbocycles. The third-order valence-corrected chi connectivity index (χ3v) is 2.98. The summed E-state index contributed by atoms with van der Waals surface area (Å²) in [4.78, 5) is 11.5. The molecule has 90 valence electrons. The van der Waals surface area contributed by atoms with Crippen LogP contribution < -0.4 is 5.32 Å². The fourth-order valence-corrected chi connectivity index (χ4v) is 1.99. The Morgan fingerprint density at radius 3 is 3.06 bits per heavy atom. The number of ether oxygens (including phenoxy) is 1. The van der Waals surface area contributed by atoms with E-state index >= 15 is 0 Å². The van der Waals surface area contributed by atoms with Gasteiger partial charge >= 0.3 is 0 Å². The molecule has 0 fully saturated rings. The molecule has 0 saturated carbocycles. The van der Waals surface area contributed by atoms with Gasteiger partial charge in [0.25, 0.3) is 0 Å². The first-order valence-electron chi connectivity index (χ1n) is 5.87. The van der Waals surface area contributed by atoms with Gasteiger partial charge in [0.1, 0.15) is 5.76 Å². The molecule has 1 N–H and O–H groups in total. The van der Waals surface area contributed by atoms with Gasteiger partial charge in [0.15, 0.2) is 0 Å². The molecule has 2 rings (SSSR count). The Kier molecular flexibility index (Phi) is 3.18. The highest BCUT2D eigenvalue weighted by atomic mass is 16.5. The Morgan fingerprint density at radius 1 is 1.59 bits per heavy atom. The Labute approximate surface area is 101 Å². The number of carbonyl (C=O) groups excluding carboxylic acids is 1. The zero-order valence-electron chi connectivity index (χ0n) is 10.2. The Hall–Kier alpha value is -1.77. The number of hydrogen-bond donors (Lipinski definition) is 1. The van der Waals surface area contributed by atoms with Gasteiger partial charge in [-0.3, -0.25) is 4.79 Å². The smallest absolute Gasteiger partial charge is 0.227 e. The molecule has 1 aliphatic heterocycles. The van der Waals surface area contributed by atoms with Crippen LogP contribution in [-0.4, -0.2) is 12.5 Å². The van der Waals surface area contributed by atoms with Crippen LogP contribution >= 0.6 is 0 Å². The molecule has 1 atom stereocenters. The lowest BCUT2D eigenvalue weighted by Gasteiger charge is -2.22. The van der Waals surface area contributed by atoms with Crippen LogP contribution in [0.1, 0.15) is 25.0 Å². The van der Waals surface area contributed by atoms with E-state index in [1.165, 1.54) is 0 Å². The van der Waals surface area contributed by atoms with Gasteiger partial charge in [0.05, 0.1) is 6.61 Å². The summed E-state index contributed by atoms with van der Waals surface area (Å²) >= 11 is 0. The minimum Gasteiger partial charge on any atom is -0.494 e. The van der Waals surface area contributed by atoms with E-state index in [2.05, 4.69) is 11.9 Å². The van der Waals surface area contributed by atoms with Gasteiger partial charge in [0, 0.05) is 17.2 Å². The third-order valence-electron chi connectivity index (χ3n) is 2.98. The van der Waals surface area contributed by atoms with Crippen molar-refractivity contribution >= 4 is 17.4 Å². The predicted octanol–water partition coefficient (Wildman–Crippen LogP) is 2.82. The van der Waals surface area contributed by atoms with Crippen molar-refractivity contribution in [1.82, 2.24) is 0 Å². The number of anilines is 1. The fourth-order valence-electron chi connectivity index (χ4n) is 1.99. The van der Waals surface area contributed by atoms with Crippen LogP contribution in [0.25, 0.3) is 5.76 Å². The average Bonchev–Trinajstić information content (AvgIpc) is 2.30. The molecule has 0 radical (unpaired) electrons. The molecular formula is C14H17NO2. The number of fused-ring (bicyclic) bond motifs is 1. The molecule has 0 saturated heterocycles. The van der Waals surface area contributed by atoms with Crippen LogP contribution in [-0.2, 0) is 16.0 Å². The monoisotopic (exact) mass is 231 g/mol. The van der Waals surface area contributed by atoms with Crippen molar-refractivity contribution in [2.75, 3.05) is 11.9 Å². The highest BCUT2D eigenvalue weighted by Gasteiger charge is 2.22. The summed E-state index contributed by atoms with van der Waals surface area (Å²) in [5.74, 6) is 0.798. The maximum atomic E-state index is 11.5. The van der Waals surface area contributed by atoms with Gasteiger partial charge in [-0.2, -0.15) is 0 Å². The Balaban J connectivity index is 2.28. The van der Waals surface area contributed by atoms with Crippen molar-refractivity contribution in [3.8, 4) is 0 Å². The van der Waals surface area contributed by atoms with Crippen LogP contribution in [0.5, 0.6) is 0 Å². The minimum atomic E-state index is 0.0260. The molecule has 1 amide bonds. The van der Waals surface area contributed by atoms with E-state index < -0.39 is 0 Å². The molecule has 3 heteroatoms. The number of hydrogen-bond acceptors (Lipinski definition) is 2. The highest BCUT2D eigenvalue weighted by molar-refractivity contribution is 5.95. The van der Waals surface area contributed by atoms with Crippen molar-refractivity contribution < 1.29 is 9.53 Å². The summed E-state index contributed by atoms with van der Waals surface area (Å²) in [6.45, 7) is 8.37. The highest BCUT2D eigenvalue weighted by Crippen LogP contribution is 2.28. The molecule has 0 aromatic heterocycles. The molecule has 1 heterocycles. The molecule has 0 bridgehead atoms. The molecular weight excluding hydrogens is 214 g/mol. The molecule has 1 aromatic rings. The minimum absolute atomic E-state index is 0.0260. The lowest BCUT2D eigenvalue weighted by molar-refractivity contribution is -0.119. The maximum absolute atomic E-state index is 11.5. The van der Waals surface area contributed by atoms with Crippen molar-refractivity contribution in [3.05, 3.63) is 35.9 Å². The van der Waals surface area contributed by atoms with E-state index in [1.54, 1.807) is 0 Å². The Bertz CT molecular complexity index is 465. The zero-order valence-corrected chi connectivity index (χ0v) is 10.2. The summed E-state index contributed by atoms with van der Waals surface area (Å²) in [6.07, 6.45) is 0.772. The van der Waals surface area contributed by atoms with Crippen LogP contribution in [0, 0.1) is 5.92 Å². The van der Waals surface area contributed by atoms with E-state index in [0.717, 1.165) is 23.2 Å². The number of amides is 1. The largest absolute Gasteiger partial charge is 0.494 e. The van der Waals surface area contributed by atoms with Crippen LogP contribution in [0.4, 0.5) is 5.69 Å². The van der Waals surface area contributed by atoms with Crippen LogP contribution in [0.3, 0.4) is 0 Å². The number of rotatable bonds is 3. The molecule has 17 heavy (non-hydrogen) atoms. The predicted molar refractivity (Wildman–Crippen MR) is 68.6 cm³/mol. The standard InChI is InChI=1S/C14H17NO2/c1-4-17-10(3)11-5-6-13-12(8-11)7-9(2)14(16)15-13/h5-6,8-9H,3-4,7H2,1-2H3,(H,15,16). The van der Waals surface area contributed by atoms with E-state index in [1.807, 2.05) is 32.0 Å². The second kappa shape index (κ2) is 4.62. The molecule has 1 aliphatic rings. The summed E-state index contributed by atoms with van der Waals surface area (Å²) in [6, 6.07) is 5.88. The van der Waals surface area contributed by atoms with Crippen LogP contribution in [0.2, 0.25) is 0 Å². The second-order valence-corrected chi connectivity index (χ2v) is 4.32. The lowest BCUT2D eigenvalue weighted by Crippen LogP contribution is -2.27. The summed E-state index contributed by atoms with van der Waals surface area (Å²) in [5.41, 5.74) is 3.03. The van der Waals surface area contributed by atoms with Crippen molar-refractivity contribution in [2.24, 2.45) is 5.92 Å². The van der Waals surface area contributed by atoms with Gasteiger partial charge < -0.3 is 10.1 Å². The molecule has 1 unspecified atom stereocenters. The third kappa shape index (κ3) is 2.33. The van der Waals surface area contributed by atoms with Gasteiger partial charge in [-0.1, -0.05) is 13.5 Å². The summed E-state index contributed by atoms with van der Waals surface area (Å²) in [5, 5.41) is 2.90. The lowest BCUT2D eigenvalue weighted by atomic mass is 9.93. The number of nitrogens with one attached hydrogen (secondary N) is 1. The zero-order chi connectivity index (χ0) is 12.4. The van der Waals surface area contributed by atoms with Gasteiger partial charge in [-0.05, 0) is 37.1 Å². The number of carbonyl (C=O) groups is 1. The van der Waals surface area contributed by atoms with E-state index in [0.29, 0.717) is 12.4 Å². The van der Waals surface area contributed by atoms with Crippen molar-refractivity contribution in [2.45, 2.75) is 20.3 Å². The average molecular weight is 231 g/mol. The SMILES string of the molecule is C=C(OCC)c1ccc2c(c1)CC(C)C(=O)N2. The topological polar surface area (TPSA) is 38.3 Å². The second-order valence-electron chi connectivity index (χ2n) is 4.32. The first-order chi connectivity index (χ1) is 8.11. The van der Waals surface area contributed by atoms with Gasteiger partial charge in [-0.15, -0.1) is 0 Å². The van der Waals surface area contributed by atoms with Crippen molar-refractivity contribution in [1.29, 1.82) is 0 Å². The van der Waals surface area contributed by atoms with E-state index in [-0.39, 0.29) is 11.8 Å². The van der Waals surface area contributed by atoms with Crippen LogP contribution in [0.15, 0.2) is 24.8 Å². The van der Waals surface area contributed by atoms with E-state index in [9.17, 15) is 4.79 Å². The Morgan fingerprint density at radius 2 is 2.35 bits per heavy atom. The maximum Gasteiger partial charge on any atom is 0.227 e. The van der Waals surface area contributed by atoms with Crippen molar-refractivity contribution in [3.63, 3.8) is 0 Å². The van der Waals surface area contributed by atoms with Gasteiger partial charge in [0.2, 0.25) is 5.91 Å². The number of benzene rings is 1. The fraction of sp³-hybridized carbons (Fsp3) is 0.357. The van der Waals surface area contributed by atoms with E-state index in [4.69, 9.17) is 4.74 Å². The quantitative estimate of drug-likeness (QED) is 0.812. The molecule has 3 nitrogen and oxygen atoms in total. The summed E-state index contributed by atoms with van der Waals surface area (Å²) in [7, 11) is 0.